The van der Waals surface area contributed by atoms with Crippen molar-refractivity contribution in [2.24, 2.45) is 11.8 Å². The number of nitrogens with one attached hydrogen (secondary N) is 1. The summed E-state index contributed by atoms with van der Waals surface area (Å²) in [7, 11) is 0. The molecule has 0 heterocycles. The number of rotatable bonds is 7. The summed E-state index contributed by atoms with van der Waals surface area (Å²) in [6.45, 7) is 6.77. The Morgan fingerprint density at radius 1 is 1.22 bits per heavy atom. The van der Waals surface area contributed by atoms with Crippen molar-refractivity contribution >= 4 is 28.8 Å². The predicted octanol–water partition coefficient (Wildman–Crippen LogP) is 3.04. The van der Waals surface area contributed by atoms with E-state index in [9.17, 15) is 14.4 Å². The van der Waals surface area contributed by atoms with Gasteiger partial charge < -0.3 is 10.1 Å². The molecule has 1 unspecified atom stereocenters. The molecular formula is C17H27NO4S. The van der Waals surface area contributed by atoms with Crippen LogP contribution in [-0.2, 0) is 19.1 Å². The highest BCUT2D eigenvalue weighted by Gasteiger charge is 2.22. The van der Waals surface area contributed by atoms with E-state index >= 15 is 0 Å². The van der Waals surface area contributed by atoms with Gasteiger partial charge in [0, 0.05) is 18.6 Å². The van der Waals surface area contributed by atoms with Gasteiger partial charge in [-0.25, -0.2) is 4.79 Å². The summed E-state index contributed by atoms with van der Waals surface area (Å²) < 4.78 is 5.22. The molecule has 1 fully saturated rings. The molecule has 0 saturated heterocycles. The van der Waals surface area contributed by atoms with Gasteiger partial charge in [0.2, 0.25) is 5.91 Å². The summed E-state index contributed by atoms with van der Waals surface area (Å²) in [6.07, 6.45) is 5.95. The largest absolute Gasteiger partial charge is 0.458 e. The predicted molar refractivity (Wildman–Crippen MR) is 91.7 cm³/mol. The topological polar surface area (TPSA) is 72.5 Å². The Kier molecular flexibility index (Phi) is 8.37. The van der Waals surface area contributed by atoms with Crippen LogP contribution in [0.5, 0.6) is 0 Å². The standard InChI is InChI=1S/C17H27NO4S/c1-11(2)22-17(21)15(9-14-7-5-6-8-14)18-16(20)12(3)10-23-13(4)19/h9,11-12,14H,5-8,10H2,1-4H3,(H,18,20). The highest BCUT2D eigenvalue weighted by atomic mass is 32.2. The monoisotopic (exact) mass is 341 g/mol. The number of amides is 1. The summed E-state index contributed by atoms with van der Waals surface area (Å²) >= 11 is 1.11. The van der Waals surface area contributed by atoms with Crippen LogP contribution in [0.4, 0.5) is 0 Å². The number of hydrogen-bond acceptors (Lipinski definition) is 5. The highest BCUT2D eigenvalue weighted by molar-refractivity contribution is 8.13. The molecule has 0 aliphatic heterocycles. The molecule has 0 spiro atoms. The molecule has 23 heavy (non-hydrogen) atoms. The van der Waals surface area contributed by atoms with Crippen LogP contribution in [0.25, 0.3) is 0 Å². The van der Waals surface area contributed by atoms with Crippen LogP contribution in [0, 0.1) is 11.8 Å². The second kappa shape index (κ2) is 9.75. The van der Waals surface area contributed by atoms with E-state index in [-0.39, 0.29) is 28.7 Å². The molecule has 5 nitrogen and oxygen atoms in total. The molecular weight excluding hydrogens is 314 g/mol. The average Bonchev–Trinajstić information content (AvgIpc) is 2.96. The van der Waals surface area contributed by atoms with E-state index in [1.54, 1.807) is 20.8 Å². The third kappa shape index (κ3) is 7.68. The normalized spacial score (nSPS) is 17.2. The summed E-state index contributed by atoms with van der Waals surface area (Å²) in [5, 5.41) is 2.67. The quantitative estimate of drug-likeness (QED) is 0.569. The Hall–Kier alpha value is -1.30. The first-order valence-corrected chi connectivity index (χ1v) is 9.15. The SMILES string of the molecule is CC(=O)SCC(C)C(=O)NC(=CC1CCCC1)C(=O)OC(C)C. The Labute approximate surface area is 142 Å². The van der Waals surface area contributed by atoms with Crippen molar-refractivity contribution < 1.29 is 19.1 Å². The Balaban J connectivity index is 2.73. The van der Waals surface area contributed by atoms with Crippen LogP contribution in [-0.4, -0.2) is 28.8 Å². The Morgan fingerprint density at radius 3 is 2.35 bits per heavy atom. The van der Waals surface area contributed by atoms with Crippen LogP contribution in [0.3, 0.4) is 0 Å². The minimum absolute atomic E-state index is 0.0226. The maximum absolute atomic E-state index is 12.2. The van der Waals surface area contributed by atoms with E-state index in [1.807, 2.05) is 6.08 Å². The smallest absolute Gasteiger partial charge is 0.354 e. The molecule has 0 bridgehead atoms. The Bertz CT molecular complexity index is 467. The summed E-state index contributed by atoms with van der Waals surface area (Å²) in [6, 6.07) is 0. The zero-order valence-electron chi connectivity index (χ0n) is 14.4. The molecule has 0 radical (unpaired) electrons. The number of allylic oxidation sites excluding steroid dienone is 1. The molecule has 1 aliphatic rings. The van der Waals surface area contributed by atoms with Gasteiger partial charge in [-0.15, -0.1) is 0 Å². The van der Waals surface area contributed by atoms with Gasteiger partial charge in [-0.3, -0.25) is 9.59 Å². The van der Waals surface area contributed by atoms with Gasteiger partial charge in [0.25, 0.3) is 0 Å². The molecule has 130 valence electrons. The lowest BCUT2D eigenvalue weighted by molar-refractivity contribution is -0.144. The number of carbonyl (C=O) groups excluding carboxylic acids is 3. The van der Waals surface area contributed by atoms with Gasteiger partial charge in [0.1, 0.15) is 5.70 Å². The second-order valence-corrected chi connectivity index (χ2v) is 7.47. The van der Waals surface area contributed by atoms with Crippen molar-refractivity contribution in [2.75, 3.05) is 5.75 Å². The number of ether oxygens (including phenoxy) is 1. The van der Waals surface area contributed by atoms with Crippen LogP contribution in [0.15, 0.2) is 11.8 Å². The van der Waals surface area contributed by atoms with E-state index in [0.717, 1.165) is 37.4 Å². The molecule has 0 aromatic carbocycles. The van der Waals surface area contributed by atoms with E-state index in [4.69, 9.17) is 4.74 Å². The zero-order chi connectivity index (χ0) is 17.4. The lowest BCUT2D eigenvalue weighted by atomic mass is 10.1. The van der Waals surface area contributed by atoms with Crippen molar-refractivity contribution in [1.29, 1.82) is 0 Å². The zero-order valence-corrected chi connectivity index (χ0v) is 15.2. The van der Waals surface area contributed by atoms with Gasteiger partial charge in [-0.2, -0.15) is 0 Å². The van der Waals surface area contributed by atoms with E-state index in [0.29, 0.717) is 11.7 Å². The fourth-order valence-corrected chi connectivity index (χ4v) is 3.01. The highest BCUT2D eigenvalue weighted by Crippen LogP contribution is 2.26. The molecule has 1 N–H and O–H groups in total. The summed E-state index contributed by atoms with van der Waals surface area (Å²) in [4.78, 5) is 35.4. The minimum Gasteiger partial charge on any atom is -0.458 e. The first kappa shape index (κ1) is 19.7. The average molecular weight is 341 g/mol. The number of esters is 1. The van der Waals surface area contributed by atoms with Gasteiger partial charge >= 0.3 is 5.97 Å². The van der Waals surface area contributed by atoms with Crippen LogP contribution in [0.1, 0.15) is 53.4 Å². The number of hydrogen-bond donors (Lipinski definition) is 1. The van der Waals surface area contributed by atoms with Crippen molar-refractivity contribution in [3.8, 4) is 0 Å². The third-order valence-corrected chi connectivity index (χ3v) is 4.68. The van der Waals surface area contributed by atoms with Crippen molar-refractivity contribution in [3.05, 3.63) is 11.8 Å². The van der Waals surface area contributed by atoms with Gasteiger partial charge in [0.15, 0.2) is 5.12 Å². The lowest BCUT2D eigenvalue weighted by Gasteiger charge is -2.16. The number of carbonyl (C=O) groups is 3. The first-order chi connectivity index (χ1) is 10.8. The molecule has 1 rings (SSSR count). The van der Waals surface area contributed by atoms with Crippen molar-refractivity contribution in [2.45, 2.75) is 59.5 Å². The Morgan fingerprint density at radius 2 is 1.83 bits per heavy atom. The number of thioether (sulfide) groups is 1. The molecule has 1 atom stereocenters. The van der Waals surface area contributed by atoms with Gasteiger partial charge in [-0.1, -0.05) is 37.6 Å². The molecule has 6 heteroatoms. The minimum atomic E-state index is -0.494. The van der Waals surface area contributed by atoms with Crippen LogP contribution >= 0.6 is 11.8 Å². The molecule has 1 amide bonds. The summed E-state index contributed by atoms with van der Waals surface area (Å²) in [5.41, 5.74) is 0.232. The van der Waals surface area contributed by atoms with Crippen LogP contribution < -0.4 is 5.32 Å². The molecule has 0 aromatic heterocycles. The van der Waals surface area contributed by atoms with Crippen molar-refractivity contribution in [1.82, 2.24) is 5.32 Å². The maximum Gasteiger partial charge on any atom is 0.354 e. The second-order valence-electron chi connectivity index (χ2n) is 6.27. The van der Waals surface area contributed by atoms with E-state index in [1.165, 1.54) is 6.92 Å². The molecule has 1 aliphatic carbocycles. The first-order valence-electron chi connectivity index (χ1n) is 8.16. The molecule has 1 saturated carbocycles. The van der Waals surface area contributed by atoms with Gasteiger partial charge in [0.05, 0.1) is 6.10 Å². The van der Waals surface area contributed by atoms with E-state index in [2.05, 4.69) is 5.32 Å². The molecule has 0 aromatic rings. The van der Waals surface area contributed by atoms with Crippen molar-refractivity contribution in [3.63, 3.8) is 0 Å². The third-order valence-electron chi connectivity index (χ3n) is 3.61. The van der Waals surface area contributed by atoms with Crippen LogP contribution in [0.2, 0.25) is 0 Å². The van der Waals surface area contributed by atoms with E-state index < -0.39 is 5.97 Å². The summed E-state index contributed by atoms with van der Waals surface area (Å²) in [5.74, 6) is -0.401. The van der Waals surface area contributed by atoms with Gasteiger partial charge in [-0.05, 0) is 32.6 Å². The fraction of sp³-hybridized carbons (Fsp3) is 0.706. The lowest BCUT2D eigenvalue weighted by Crippen LogP contribution is -2.34. The fourth-order valence-electron chi connectivity index (χ4n) is 2.37. The maximum atomic E-state index is 12.2.